The first-order valence-electron chi connectivity index (χ1n) is 6.32. The van der Waals surface area contributed by atoms with E-state index in [1.807, 2.05) is 6.07 Å². The van der Waals surface area contributed by atoms with Gasteiger partial charge in [-0.05, 0) is 31.2 Å². The number of piperidine rings is 1. The number of nitrogens with one attached hydrogen (secondary N) is 1. The van der Waals surface area contributed by atoms with Crippen molar-refractivity contribution in [1.82, 2.24) is 5.32 Å². The minimum absolute atomic E-state index is 0.0305. The second-order valence-corrected chi connectivity index (χ2v) is 4.81. The van der Waals surface area contributed by atoms with Gasteiger partial charge >= 0.3 is 0 Å². The molecule has 1 amide bonds. The largest absolute Gasteiger partial charge is 0.369 e. The van der Waals surface area contributed by atoms with Gasteiger partial charge < -0.3 is 11.1 Å². The van der Waals surface area contributed by atoms with Gasteiger partial charge in [0.25, 0.3) is 0 Å². The average Bonchev–Trinajstić information content (AvgIpc) is 2.38. The van der Waals surface area contributed by atoms with Gasteiger partial charge in [-0.15, -0.1) is 0 Å². The lowest BCUT2D eigenvalue weighted by molar-refractivity contribution is -0.122. The van der Waals surface area contributed by atoms with E-state index in [1.165, 1.54) is 5.56 Å². The van der Waals surface area contributed by atoms with Gasteiger partial charge in [-0.25, -0.2) is 0 Å². The van der Waals surface area contributed by atoms with Crippen molar-refractivity contribution < 1.29 is 4.79 Å². The van der Waals surface area contributed by atoms with E-state index in [0.29, 0.717) is 6.04 Å². The molecule has 0 spiro atoms. The van der Waals surface area contributed by atoms with Gasteiger partial charge in [0, 0.05) is 12.6 Å². The Morgan fingerprint density at radius 1 is 1.29 bits per heavy atom. The summed E-state index contributed by atoms with van der Waals surface area (Å²) in [7, 11) is 0. The van der Waals surface area contributed by atoms with Crippen LogP contribution in [0.1, 0.15) is 24.8 Å². The van der Waals surface area contributed by atoms with Crippen molar-refractivity contribution in [3.05, 3.63) is 35.9 Å². The molecule has 1 saturated heterocycles. The number of primary amides is 1. The number of carbonyl (C=O) groups is 1. The molecule has 2 atom stereocenters. The van der Waals surface area contributed by atoms with Crippen molar-refractivity contribution in [3.63, 3.8) is 0 Å². The Kier molecular flexibility index (Phi) is 4.15. The monoisotopic (exact) mass is 232 g/mol. The van der Waals surface area contributed by atoms with Gasteiger partial charge in [-0.1, -0.05) is 30.3 Å². The minimum Gasteiger partial charge on any atom is -0.369 e. The van der Waals surface area contributed by atoms with Crippen molar-refractivity contribution in [2.75, 3.05) is 6.54 Å². The number of amides is 1. The highest BCUT2D eigenvalue weighted by Gasteiger charge is 2.23. The van der Waals surface area contributed by atoms with Crippen LogP contribution >= 0.6 is 0 Å². The van der Waals surface area contributed by atoms with Crippen LogP contribution in [0.4, 0.5) is 0 Å². The molecule has 92 valence electrons. The second kappa shape index (κ2) is 5.82. The highest BCUT2D eigenvalue weighted by atomic mass is 16.1. The van der Waals surface area contributed by atoms with E-state index >= 15 is 0 Å². The number of benzene rings is 1. The summed E-state index contributed by atoms with van der Waals surface area (Å²) in [4.78, 5) is 11.0. The Morgan fingerprint density at radius 3 is 2.65 bits per heavy atom. The number of hydrogen-bond donors (Lipinski definition) is 2. The molecule has 3 heteroatoms. The molecule has 0 radical (unpaired) electrons. The standard InChI is InChI=1S/C14H20N2O/c15-14(17)12-7-9-13(16-10-12)8-6-11-4-2-1-3-5-11/h1-5,12-13,16H,6-10H2,(H2,15,17). The first-order chi connectivity index (χ1) is 8.25. The third kappa shape index (κ3) is 3.56. The first kappa shape index (κ1) is 12.1. The molecule has 1 aliphatic rings. The summed E-state index contributed by atoms with van der Waals surface area (Å²) in [6.45, 7) is 0.745. The van der Waals surface area contributed by atoms with Crippen LogP contribution in [-0.2, 0) is 11.2 Å². The molecule has 17 heavy (non-hydrogen) atoms. The van der Waals surface area contributed by atoms with E-state index in [2.05, 4.69) is 29.6 Å². The zero-order valence-electron chi connectivity index (χ0n) is 10.1. The van der Waals surface area contributed by atoms with E-state index in [1.54, 1.807) is 0 Å². The molecule has 1 heterocycles. The third-order valence-electron chi connectivity index (χ3n) is 3.54. The summed E-state index contributed by atoms with van der Waals surface area (Å²) in [5.41, 5.74) is 6.68. The Hall–Kier alpha value is -1.35. The van der Waals surface area contributed by atoms with Crippen LogP contribution in [0.2, 0.25) is 0 Å². The number of hydrogen-bond acceptors (Lipinski definition) is 2. The van der Waals surface area contributed by atoms with E-state index in [9.17, 15) is 4.79 Å². The Labute approximate surface area is 102 Å². The first-order valence-corrected chi connectivity index (χ1v) is 6.32. The molecular weight excluding hydrogens is 212 g/mol. The normalized spacial score (nSPS) is 24.5. The molecule has 3 N–H and O–H groups in total. The van der Waals surface area contributed by atoms with Crippen molar-refractivity contribution in [3.8, 4) is 0 Å². The third-order valence-corrected chi connectivity index (χ3v) is 3.54. The fourth-order valence-electron chi connectivity index (χ4n) is 2.39. The maximum absolute atomic E-state index is 11.0. The molecule has 2 unspecified atom stereocenters. The molecule has 1 aromatic rings. The molecule has 0 aromatic heterocycles. The summed E-state index contributed by atoms with van der Waals surface area (Å²) in [6, 6.07) is 11.1. The van der Waals surface area contributed by atoms with Gasteiger partial charge in [-0.2, -0.15) is 0 Å². The predicted octanol–water partition coefficient (Wildman–Crippen LogP) is 1.47. The predicted molar refractivity (Wildman–Crippen MR) is 68.5 cm³/mol. The van der Waals surface area contributed by atoms with Crippen LogP contribution in [-0.4, -0.2) is 18.5 Å². The van der Waals surface area contributed by atoms with Gasteiger partial charge in [0.2, 0.25) is 5.91 Å². The Balaban J connectivity index is 1.74. The van der Waals surface area contributed by atoms with Crippen molar-refractivity contribution in [2.24, 2.45) is 11.7 Å². The molecule has 2 rings (SSSR count). The lowest BCUT2D eigenvalue weighted by atomic mass is 9.91. The SMILES string of the molecule is NC(=O)C1CCC(CCc2ccccc2)NC1. The number of nitrogens with two attached hydrogens (primary N) is 1. The van der Waals surface area contributed by atoms with E-state index in [4.69, 9.17) is 5.73 Å². The molecule has 0 bridgehead atoms. The maximum Gasteiger partial charge on any atom is 0.221 e. The summed E-state index contributed by atoms with van der Waals surface area (Å²) in [5, 5.41) is 3.42. The Morgan fingerprint density at radius 2 is 2.06 bits per heavy atom. The highest BCUT2D eigenvalue weighted by molar-refractivity contribution is 5.76. The second-order valence-electron chi connectivity index (χ2n) is 4.81. The number of carbonyl (C=O) groups excluding carboxylic acids is 1. The van der Waals surface area contributed by atoms with E-state index in [-0.39, 0.29) is 11.8 Å². The lowest BCUT2D eigenvalue weighted by Gasteiger charge is -2.28. The molecular formula is C14H20N2O. The summed E-state index contributed by atoms with van der Waals surface area (Å²) in [6.07, 6.45) is 4.22. The molecule has 0 aliphatic carbocycles. The van der Waals surface area contributed by atoms with Crippen molar-refractivity contribution in [1.29, 1.82) is 0 Å². The van der Waals surface area contributed by atoms with Gasteiger partial charge in [0.15, 0.2) is 0 Å². The van der Waals surface area contributed by atoms with Gasteiger partial charge in [-0.3, -0.25) is 4.79 Å². The van der Waals surface area contributed by atoms with Crippen LogP contribution in [0.25, 0.3) is 0 Å². The fourth-order valence-corrected chi connectivity index (χ4v) is 2.39. The summed E-state index contributed by atoms with van der Waals surface area (Å²) >= 11 is 0. The van der Waals surface area contributed by atoms with Crippen molar-refractivity contribution >= 4 is 5.91 Å². The quantitative estimate of drug-likeness (QED) is 0.826. The lowest BCUT2D eigenvalue weighted by Crippen LogP contribution is -2.43. The zero-order chi connectivity index (χ0) is 12.1. The van der Waals surface area contributed by atoms with Crippen LogP contribution in [0.3, 0.4) is 0 Å². The molecule has 1 aliphatic heterocycles. The Bertz CT molecular complexity index is 356. The topological polar surface area (TPSA) is 55.1 Å². The van der Waals surface area contributed by atoms with Crippen LogP contribution in [0.15, 0.2) is 30.3 Å². The van der Waals surface area contributed by atoms with Crippen molar-refractivity contribution in [2.45, 2.75) is 31.7 Å². The summed E-state index contributed by atoms with van der Waals surface area (Å²) in [5.74, 6) is -0.137. The maximum atomic E-state index is 11.0. The molecule has 0 saturated carbocycles. The zero-order valence-corrected chi connectivity index (χ0v) is 10.1. The molecule has 1 aromatic carbocycles. The fraction of sp³-hybridized carbons (Fsp3) is 0.500. The molecule has 3 nitrogen and oxygen atoms in total. The molecule has 1 fully saturated rings. The number of rotatable bonds is 4. The highest BCUT2D eigenvalue weighted by Crippen LogP contribution is 2.17. The average molecular weight is 232 g/mol. The van der Waals surface area contributed by atoms with E-state index < -0.39 is 0 Å². The van der Waals surface area contributed by atoms with Gasteiger partial charge in [0.1, 0.15) is 0 Å². The van der Waals surface area contributed by atoms with Crippen LogP contribution in [0.5, 0.6) is 0 Å². The smallest absolute Gasteiger partial charge is 0.221 e. The minimum atomic E-state index is -0.168. The summed E-state index contributed by atoms with van der Waals surface area (Å²) < 4.78 is 0. The van der Waals surface area contributed by atoms with E-state index in [0.717, 1.165) is 32.2 Å². The number of aryl methyl sites for hydroxylation is 1. The van der Waals surface area contributed by atoms with Crippen LogP contribution in [0, 0.1) is 5.92 Å². The van der Waals surface area contributed by atoms with Crippen LogP contribution < -0.4 is 11.1 Å². The van der Waals surface area contributed by atoms with Gasteiger partial charge in [0.05, 0.1) is 5.92 Å².